The van der Waals surface area contributed by atoms with Gasteiger partial charge in [-0.1, -0.05) is 33.3 Å². The van der Waals surface area contributed by atoms with Gasteiger partial charge < -0.3 is 10.2 Å². The van der Waals surface area contributed by atoms with Crippen LogP contribution >= 0.6 is 33.3 Å². The first kappa shape index (κ1) is 36.3. The van der Waals surface area contributed by atoms with Crippen molar-refractivity contribution in [2.24, 2.45) is 0 Å². The van der Waals surface area contributed by atoms with Gasteiger partial charge in [0.15, 0.2) is 5.12 Å². The molecule has 0 aliphatic heterocycles. The standard InChI is InChI=1S/C10H16F3NO3S.C9H16F3NO2S2/c1-6(9(16)17)14(3)8(10(11,12)13)4-5-18-7(2)15;1-6(8(14)15)13(2)7(9(10,11)12)4-5-17-16-3/h6,8H,4-5H2,1-3H3,(H,16,17);6-7H,4-5H2,1-3H3,(H,14,15)/t6-,8?;6-,7?/m00/s1. The number of halogens is 6. The van der Waals surface area contributed by atoms with E-state index in [-0.39, 0.29) is 23.7 Å². The summed E-state index contributed by atoms with van der Waals surface area (Å²) in [4.78, 5) is 33.7. The Hall–Kier alpha value is -0.840. The minimum Gasteiger partial charge on any atom is -0.480 e. The van der Waals surface area contributed by atoms with Crippen molar-refractivity contribution in [3.05, 3.63) is 0 Å². The number of carbonyl (C=O) groups is 3. The molecule has 35 heavy (non-hydrogen) atoms. The minimum absolute atomic E-state index is 0.0101. The van der Waals surface area contributed by atoms with E-state index in [9.17, 15) is 40.7 Å². The molecule has 0 aliphatic carbocycles. The normalized spacial score (nSPS) is 15.7. The summed E-state index contributed by atoms with van der Waals surface area (Å²) in [7, 11) is 5.04. The molecular formula is C19H32F6N2O5S3. The van der Waals surface area contributed by atoms with Crippen LogP contribution in [0.2, 0.25) is 0 Å². The van der Waals surface area contributed by atoms with E-state index in [0.717, 1.165) is 28.6 Å². The van der Waals surface area contributed by atoms with E-state index in [0.29, 0.717) is 5.75 Å². The lowest BCUT2D eigenvalue weighted by Crippen LogP contribution is -2.50. The van der Waals surface area contributed by atoms with E-state index in [4.69, 9.17) is 10.2 Å². The highest BCUT2D eigenvalue weighted by Gasteiger charge is 2.45. The van der Waals surface area contributed by atoms with Crippen molar-refractivity contribution in [2.75, 3.05) is 31.9 Å². The summed E-state index contributed by atoms with van der Waals surface area (Å²) in [5.41, 5.74) is 0. The van der Waals surface area contributed by atoms with Gasteiger partial charge in [-0.25, -0.2) is 0 Å². The maximum Gasteiger partial charge on any atom is 0.404 e. The van der Waals surface area contributed by atoms with Crippen LogP contribution in [0.5, 0.6) is 0 Å². The van der Waals surface area contributed by atoms with Crippen molar-refractivity contribution in [3.63, 3.8) is 0 Å². The Bertz CT molecular complexity index is 670. The number of likely N-dealkylation sites (N-methyl/N-ethyl adjacent to an activating group) is 2. The highest BCUT2D eigenvalue weighted by molar-refractivity contribution is 8.76. The Morgan fingerprint density at radius 2 is 1.14 bits per heavy atom. The Balaban J connectivity index is 0. The number of rotatable bonds is 13. The zero-order chi connectivity index (χ0) is 28.1. The van der Waals surface area contributed by atoms with E-state index in [1.54, 1.807) is 6.26 Å². The van der Waals surface area contributed by atoms with Crippen LogP contribution in [0.25, 0.3) is 0 Å². The molecule has 0 heterocycles. The molecule has 0 bridgehead atoms. The van der Waals surface area contributed by atoms with Crippen molar-refractivity contribution < 1.29 is 50.9 Å². The van der Waals surface area contributed by atoms with Gasteiger partial charge in [-0.3, -0.25) is 24.2 Å². The van der Waals surface area contributed by atoms with E-state index < -0.39 is 48.5 Å². The van der Waals surface area contributed by atoms with Crippen molar-refractivity contribution in [2.45, 2.75) is 70.1 Å². The third-order valence-electron chi connectivity index (χ3n) is 4.96. The number of thioether (sulfide) groups is 1. The van der Waals surface area contributed by atoms with Crippen LogP contribution < -0.4 is 0 Å². The first-order valence-corrected chi connectivity index (χ1v) is 13.8. The molecule has 2 unspecified atom stereocenters. The van der Waals surface area contributed by atoms with Gasteiger partial charge in [0.05, 0.1) is 0 Å². The van der Waals surface area contributed by atoms with Crippen molar-refractivity contribution in [3.8, 4) is 0 Å². The molecule has 0 saturated carbocycles. The largest absolute Gasteiger partial charge is 0.480 e. The van der Waals surface area contributed by atoms with Crippen LogP contribution in [0.15, 0.2) is 0 Å². The highest BCUT2D eigenvalue weighted by Crippen LogP contribution is 2.31. The summed E-state index contributed by atoms with van der Waals surface area (Å²) < 4.78 is 76.7. The number of carboxylic acid groups (broad SMARTS) is 2. The van der Waals surface area contributed by atoms with Gasteiger partial charge in [0, 0.05) is 18.4 Å². The average Bonchev–Trinajstić information content (AvgIpc) is 2.70. The maximum atomic E-state index is 12.8. The molecule has 7 nitrogen and oxygen atoms in total. The molecule has 0 spiro atoms. The SMILES string of the molecule is CC(=O)SCCC(N(C)[C@@H](C)C(=O)O)C(F)(F)F.CSSCCC(N(C)[C@@H](C)C(=O)O)C(F)(F)F. The summed E-state index contributed by atoms with van der Waals surface area (Å²) >= 11 is 0.800. The summed E-state index contributed by atoms with van der Waals surface area (Å²) in [6, 6.07) is -5.97. The van der Waals surface area contributed by atoms with Crippen LogP contribution in [0.4, 0.5) is 26.3 Å². The van der Waals surface area contributed by atoms with Crippen LogP contribution in [-0.4, -0.2) is 105 Å². The van der Waals surface area contributed by atoms with Crippen LogP contribution in [-0.2, 0) is 14.4 Å². The number of alkyl halides is 6. The van der Waals surface area contributed by atoms with Gasteiger partial charge in [0.25, 0.3) is 0 Å². The fourth-order valence-corrected chi connectivity index (χ4v) is 4.55. The van der Waals surface area contributed by atoms with Crippen molar-refractivity contribution in [1.82, 2.24) is 9.80 Å². The molecule has 0 aromatic rings. The fourth-order valence-electron chi connectivity index (χ4n) is 2.64. The second-order valence-corrected chi connectivity index (χ2v) is 11.3. The molecule has 0 aliphatic rings. The Kier molecular flexibility index (Phi) is 17.4. The summed E-state index contributed by atoms with van der Waals surface area (Å²) in [5.74, 6) is -2.22. The van der Waals surface area contributed by atoms with Gasteiger partial charge >= 0.3 is 24.3 Å². The Labute approximate surface area is 213 Å². The number of nitrogens with zero attached hydrogens (tertiary/aromatic N) is 2. The number of hydrogen-bond acceptors (Lipinski definition) is 8. The third-order valence-corrected chi connectivity index (χ3v) is 7.66. The van der Waals surface area contributed by atoms with Gasteiger partial charge in [-0.2, -0.15) is 26.3 Å². The molecule has 208 valence electrons. The smallest absolute Gasteiger partial charge is 0.404 e. The minimum atomic E-state index is -4.52. The van der Waals surface area contributed by atoms with E-state index in [2.05, 4.69) is 0 Å². The summed E-state index contributed by atoms with van der Waals surface area (Å²) in [6.07, 6.45) is -7.56. The fraction of sp³-hybridized carbons (Fsp3) is 0.842. The maximum absolute atomic E-state index is 12.8. The first-order valence-electron chi connectivity index (χ1n) is 10.1. The molecule has 16 heteroatoms. The molecule has 2 N–H and O–H groups in total. The number of carbonyl (C=O) groups excluding carboxylic acids is 1. The van der Waals surface area contributed by atoms with Crippen LogP contribution in [0.1, 0.15) is 33.6 Å². The average molecular weight is 579 g/mol. The van der Waals surface area contributed by atoms with Crippen LogP contribution in [0.3, 0.4) is 0 Å². The summed E-state index contributed by atoms with van der Waals surface area (Å²) in [6.45, 7) is 3.72. The third kappa shape index (κ3) is 15.1. The van der Waals surface area contributed by atoms with Gasteiger partial charge in [0.2, 0.25) is 0 Å². The van der Waals surface area contributed by atoms with Crippen LogP contribution in [0, 0.1) is 0 Å². The van der Waals surface area contributed by atoms with Gasteiger partial charge in [-0.05, 0) is 47.0 Å². The molecule has 4 atom stereocenters. The molecule has 0 aromatic heterocycles. The van der Waals surface area contributed by atoms with Gasteiger partial charge in [-0.15, -0.1) is 0 Å². The number of hydrogen-bond donors (Lipinski definition) is 2. The molecule has 0 amide bonds. The van der Waals surface area contributed by atoms with E-state index >= 15 is 0 Å². The molecule has 0 aromatic carbocycles. The lowest BCUT2D eigenvalue weighted by atomic mass is 10.1. The molecule has 0 rings (SSSR count). The quantitative estimate of drug-likeness (QED) is 0.182. The predicted molar refractivity (Wildman–Crippen MR) is 128 cm³/mol. The van der Waals surface area contributed by atoms with E-state index in [1.807, 2.05) is 0 Å². The first-order chi connectivity index (χ1) is 15.8. The topological polar surface area (TPSA) is 98.2 Å². The highest BCUT2D eigenvalue weighted by atomic mass is 33.1. The monoisotopic (exact) mass is 578 g/mol. The molecule has 0 saturated heterocycles. The van der Waals surface area contributed by atoms with Crippen molar-refractivity contribution in [1.29, 1.82) is 0 Å². The van der Waals surface area contributed by atoms with Crippen molar-refractivity contribution >= 4 is 50.4 Å². The van der Waals surface area contributed by atoms with Gasteiger partial charge in [0.1, 0.15) is 24.2 Å². The molecule has 0 radical (unpaired) electrons. The van der Waals surface area contributed by atoms with E-state index in [1.165, 1.54) is 49.4 Å². The lowest BCUT2D eigenvalue weighted by molar-refractivity contribution is -0.189. The zero-order valence-corrected chi connectivity index (χ0v) is 22.6. The predicted octanol–water partition coefficient (Wildman–Crippen LogP) is 4.72. The second-order valence-electron chi connectivity index (χ2n) is 7.38. The molecule has 0 fully saturated rings. The molecular weight excluding hydrogens is 546 g/mol. The zero-order valence-electron chi connectivity index (χ0n) is 20.1. The number of aliphatic carboxylic acids is 2. The Morgan fingerprint density at radius 1 is 0.800 bits per heavy atom. The number of carboxylic acids is 2. The second kappa shape index (κ2) is 16.8. The summed E-state index contributed by atoms with van der Waals surface area (Å²) in [5, 5.41) is 17.2. The Morgan fingerprint density at radius 3 is 1.40 bits per heavy atom. The lowest BCUT2D eigenvalue weighted by Gasteiger charge is -2.32.